The average Bonchev–Trinajstić information content (AvgIpc) is 3.07. The third kappa shape index (κ3) is 3.61. The third-order valence-electron chi connectivity index (χ3n) is 4.89. The van der Waals surface area contributed by atoms with Crippen molar-refractivity contribution in [3.05, 3.63) is 42.3 Å². The van der Waals surface area contributed by atoms with Gasteiger partial charge in [0.15, 0.2) is 5.82 Å². The molecule has 0 saturated carbocycles. The smallest absolute Gasteiger partial charge is 0.157 e. The largest absolute Gasteiger partial charge is 0.393 e. The second-order valence-corrected chi connectivity index (χ2v) is 7.26. The highest BCUT2D eigenvalue weighted by atomic mass is 16.3. The molecular weight excluding hydrogens is 356 g/mol. The van der Waals surface area contributed by atoms with E-state index in [-0.39, 0.29) is 18.8 Å². The Hall–Kier alpha value is -2.84. The fourth-order valence-corrected chi connectivity index (χ4v) is 3.54. The molecule has 3 heterocycles. The quantitative estimate of drug-likeness (QED) is 0.624. The fraction of sp³-hybridized carbons (Fsp3) is 0.400. The highest BCUT2D eigenvalue weighted by Crippen LogP contribution is 2.27. The van der Waals surface area contributed by atoms with Crippen LogP contribution in [-0.2, 0) is 6.61 Å². The molecule has 0 fully saturated rings. The molecule has 1 aliphatic rings. The minimum absolute atomic E-state index is 0.116. The first kappa shape index (κ1) is 18.5. The van der Waals surface area contributed by atoms with Crippen LogP contribution in [0.3, 0.4) is 0 Å². The number of hydrogen-bond donors (Lipinski definition) is 3. The van der Waals surface area contributed by atoms with E-state index < -0.39 is 0 Å². The number of allylic oxidation sites excluding steroid dienone is 1. The molecule has 3 aromatic heterocycles. The summed E-state index contributed by atoms with van der Waals surface area (Å²) in [5.41, 5.74) is 2.72. The maximum Gasteiger partial charge on any atom is 0.157 e. The van der Waals surface area contributed by atoms with Gasteiger partial charge >= 0.3 is 0 Å². The Morgan fingerprint density at radius 3 is 2.82 bits per heavy atom. The molecule has 8 nitrogen and oxygen atoms in total. The number of rotatable bonds is 5. The second kappa shape index (κ2) is 7.65. The molecule has 1 unspecified atom stereocenters. The molecule has 0 saturated heterocycles. The van der Waals surface area contributed by atoms with Crippen LogP contribution in [0.2, 0.25) is 0 Å². The lowest BCUT2D eigenvalue weighted by atomic mass is 9.97. The highest BCUT2D eigenvalue weighted by molar-refractivity contribution is 5.79. The molecule has 4 rings (SSSR count). The Morgan fingerprint density at radius 1 is 1.25 bits per heavy atom. The first-order chi connectivity index (χ1) is 13.5. The van der Waals surface area contributed by atoms with E-state index in [1.807, 2.05) is 16.7 Å². The zero-order chi connectivity index (χ0) is 19.7. The molecule has 0 bridgehead atoms. The van der Waals surface area contributed by atoms with Crippen molar-refractivity contribution in [3.8, 4) is 0 Å². The second-order valence-electron chi connectivity index (χ2n) is 7.26. The summed E-state index contributed by atoms with van der Waals surface area (Å²) in [5.74, 6) is 2.60. The molecule has 8 heteroatoms. The van der Waals surface area contributed by atoms with Crippen molar-refractivity contribution in [2.75, 3.05) is 5.32 Å². The number of nitrogens with one attached hydrogen (secondary N) is 1. The normalized spacial score (nSPS) is 17.2. The Kier molecular flexibility index (Phi) is 5.06. The molecule has 3 aromatic rings. The van der Waals surface area contributed by atoms with Crippen LogP contribution in [0, 0.1) is 0 Å². The van der Waals surface area contributed by atoms with Crippen molar-refractivity contribution < 1.29 is 10.2 Å². The van der Waals surface area contributed by atoms with Crippen LogP contribution in [0.15, 0.2) is 30.6 Å². The number of imidazole rings is 1. The molecule has 0 amide bonds. The van der Waals surface area contributed by atoms with Crippen molar-refractivity contribution >= 4 is 28.2 Å². The van der Waals surface area contributed by atoms with Crippen molar-refractivity contribution in [2.24, 2.45) is 0 Å². The monoisotopic (exact) mass is 380 g/mol. The number of hydrogen-bond acceptors (Lipinski definition) is 7. The molecule has 0 aliphatic heterocycles. The highest BCUT2D eigenvalue weighted by Gasteiger charge is 2.16. The lowest BCUT2D eigenvalue weighted by Crippen LogP contribution is -2.11. The summed E-state index contributed by atoms with van der Waals surface area (Å²) >= 11 is 0. The molecule has 0 aromatic carbocycles. The Balaban J connectivity index is 1.63. The summed E-state index contributed by atoms with van der Waals surface area (Å²) in [7, 11) is 0. The first-order valence-electron chi connectivity index (χ1n) is 9.50. The van der Waals surface area contributed by atoms with E-state index in [1.165, 1.54) is 0 Å². The van der Waals surface area contributed by atoms with E-state index in [2.05, 4.69) is 39.1 Å². The number of aromatic nitrogens is 5. The Labute approximate surface area is 163 Å². The average molecular weight is 380 g/mol. The number of fused-ring (bicyclic) bond motifs is 1. The number of aliphatic hydroxyl groups excluding tert-OH is 2. The van der Waals surface area contributed by atoms with Crippen LogP contribution >= 0.6 is 0 Å². The maximum absolute atomic E-state index is 9.66. The minimum atomic E-state index is -0.268. The Bertz CT molecular complexity index is 1030. The number of anilines is 2. The summed E-state index contributed by atoms with van der Waals surface area (Å²) in [6.45, 7) is 3.99. The van der Waals surface area contributed by atoms with E-state index in [0.29, 0.717) is 29.7 Å². The van der Waals surface area contributed by atoms with Crippen LogP contribution in [0.25, 0.3) is 16.6 Å². The van der Waals surface area contributed by atoms with Gasteiger partial charge in [-0.2, -0.15) is 0 Å². The standard InChI is InChI=1S/C20H24N6O2/c1-12(2)26-16-9-18(22-10-15(16)23-19(26)11-27)24-17-7-8-21-20(25-17)13-3-5-14(28)6-4-13/h3,7-10,12,14,27-28H,4-6,11H2,1-2H3,(H,21,22,24,25). The summed E-state index contributed by atoms with van der Waals surface area (Å²) in [6, 6.07) is 3.88. The summed E-state index contributed by atoms with van der Waals surface area (Å²) in [5, 5.41) is 22.5. The minimum Gasteiger partial charge on any atom is -0.393 e. The van der Waals surface area contributed by atoms with Gasteiger partial charge in [0.2, 0.25) is 0 Å². The summed E-state index contributed by atoms with van der Waals surface area (Å²) in [6.07, 6.45) is 7.30. The van der Waals surface area contributed by atoms with Gasteiger partial charge in [0.25, 0.3) is 0 Å². The predicted molar refractivity (Wildman–Crippen MR) is 107 cm³/mol. The van der Waals surface area contributed by atoms with E-state index >= 15 is 0 Å². The zero-order valence-electron chi connectivity index (χ0n) is 16.0. The van der Waals surface area contributed by atoms with Crippen LogP contribution < -0.4 is 5.32 Å². The number of nitrogens with zero attached hydrogens (tertiary/aromatic N) is 5. The SMILES string of the molecule is CC(C)n1c(CO)nc2cnc(Nc3ccnc(C4=CCC(O)CC4)n3)cc21. The van der Waals surface area contributed by atoms with Gasteiger partial charge in [-0.3, -0.25) is 0 Å². The Morgan fingerprint density at radius 2 is 2.11 bits per heavy atom. The van der Waals surface area contributed by atoms with Gasteiger partial charge in [0, 0.05) is 18.3 Å². The fourth-order valence-electron chi connectivity index (χ4n) is 3.54. The predicted octanol–water partition coefficient (Wildman–Crippen LogP) is 2.97. The molecule has 1 atom stereocenters. The van der Waals surface area contributed by atoms with Crippen LogP contribution in [0.5, 0.6) is 0 Å². The molecular formula is C20H24N6O2. The van der Waals surface area contributed by atoms with Gasteiger partial charge in [-0.05, 0) is 44.7 Å². The van der Waals surface area contributed by atoms with Crippen LogP contribution in [0.1, 0.15) is 50.8 Å². The van der Waals surface area contributed by atoms with Gasteiger partial charge in [-0.15, -0.1) is 0 Å². The van der Waals surface area contributed by atoms with Gasteiger partial charge in [-0.1, -0.05) is 6.08 Å². The van der Waals surface area contributed by atoms with Crippen LogP contribution in [-0.4, -0.2) is 40.8 Å². The van der Waals surface area contributed by atoms with Gasteiger partial charge < -0.3 is 20.1 Å². The van der Waals surface area contributed by atoms with E-state index in [4.69, 9.17) is 0 Å². The van der Waals surface area contributed by atoms with Gasteiger partial charge in [0.05, 0.1) is 17.8 Å². The molecule has 0 radical (unpaired) electrons. The molecule has 0 spiro atoms. The van der Waals surface area contributed by atoms with Crippen molar-refractivity contribution in [1.29, 1.82) is 0 Å². The lowest BCUT2D eigenvalue weighted by Gasteiger charge is -2.16. The lowest BCUT2D eigenvalue weighted by molar-refractivity contribution is 0.166. The maximum atomic E-state index is 9.66. The topological polar surface area (TPSA) is 109 Å². The summed E-state index contributed by atoms with van der Waals surface area (Å²) in [4.78, 5) is 17.8. The zero-order valence-corrected chi connectivity index (χ0v) is 16.0. The van der Waals surface area contributed by atoms with E-state index in [1.54, 1.807) is 18.5 Å². The van der Waals surface area contributed by atoms with E-state index in [0.717, 1.165) is 29.4 Å². The van der Waals surface area contributed by atoms with Crippen molar-refractivity contribution in [2.45, 2.75) is 51.9 Å². The van der Waals surface area contributed by atoms with Crippen molar-refractivity contribution in [1.82, 2.24) is 24.5 Å². The molecule has 1 aliphatic carbocycles. The van der Waals surface area contributed by atoms with Crippen LogP contribution in [0.4, 0.5) is 11.6 Å². The molecule has 28 heavy (non-hydrogen) atoms. The number of pyridine rings is 1. The van der Waals surface area contributed by atoms with E-state index in [9.17, 15) is 10.2 Å². The van der Waals surface area contributed by atoms with Gasteiger partial charge in [0.1, 0.15) is 29.6 Å². The molecule has 146 valence electrons. The third-order valence-corrected chi connectivity index (χ3v) is 4.89. The molecule has 3 N–H and O–H groups in total. The summed E-state index contributed by atoms with van der Waals surface area (Å²) < 4.78 is 2.01. The van der Waals surface area contributed by atoms with Crippen molar-refractivity contribution in [3.63, 3.8) is 0 Å². The number of aliphatic hydroxyl groups is 2. The first-order valence-corrected chi connectivity index (χ1v) is 9.50. The van der Waals surface area contributed by atoms with Gasteiger partial charge in [-0.25, -0.2) is 19.9 Å².